The van der Waals surface area contributed by atoms with Gasteiger partial charge in [-0.15, -0.1) is 24.8 Å². The molecule has 2 unspecified atom stereocenters. The Bertz CT molecular complexity index is 3090. The van der Waals surface area contributed by atoms with Gasteiger partial charge in [-0.2, -0.15) is 0 Å². The molecule has 8 aromatic rings. The van der Waals surface area contributed by atoms with Gasteiger partial charge < -0.3 is 0 Å². The van der Waals surface area contributed by atoms with E-state index >= 15 is 0 Å². The molecule has 284 valence electrons. The number of benzene rings is 8. The average Bonchev–Trinajstić information content (AvgIpc) is 3.78. The van der Waals surface area contributed by atoms with Gasteiger partial charge in [0.15, 0.2) is 0 Å². The van der Waals surface area contributed by atoms with Gasteiger partial charge in [0, 0.05) is 0 Å². The molecule has 4 heteroatoms. The molecule has 0 aliphatic heterocycles. The van der Waals surface area contributed by atoms with E-state index in [1.54, 1.807) is 22.3 Å². The summed E-state index contributed by atoms with van der Waals surface area (Å²) < 4.78 is 6.49. The fourth-order valence-electron chi connectivity index (χ4n) is 11.2. The van der Waals surface area contributed by atoms with E-state index in [9.17, 15) is 0 Å². The van der Waals surface area contributed by atoms with E-state index in [4.69, 9.17) is 0 Å². The van der Waals surface area contributed by atoms with Crippen molar-refractivity contribution in [1.82, 2.24) is 0 Å². The van der Waals surface area contributed by atoms with Crippen LogP contribution in [-0.2, 0) is 17.4 Å². The Labute approximate surface area is 352 Å². The maximum atomic E-state index is 2.79. The minimum absolute atomic E-state index is 0. The van der Waals surface area contributed by atoms with Crippen molar-refractivity contribution in [3.8, 4) is 22.3 Å². The van der Waals surface area contributed by atoms with E-state index in [0.29, 0.717) is 13.2 Å². The zero-order valence-corrected chi connectivity index (χ0v) is 39.2. The summed E-state index contributed by atoms with van der Waals surface area (Å²) in [7, 11) is 0. The number of hydrogen-bond donors (Lipinski definition) is 0. The molecule has 2 atom stereocenters. The van der Waals surface area contributed by atoms with Crippen LogP contribution in [0.4, 0.5) is 0 Å². The molecule has 2 aliphatic rings. The van der Waals surface area contributed by atoms with Crippen molar-refractivity contribution in [3.63, 3.8) is 0 Å². The van der Waals surface area contributed by atoms with Crippen LogP contribution in [0.15, 0.2) is 151 Å². The van der Waals surface area contributed by atoms with Crippen LogP contribution in [0.5, 0.6) is 0 Å². The standard InChI is InChI=1S/C26H21.C25H19.2CH3.2ClH.H2Si.Zr/c1-17(2)20-15-19-8-5-10-24(26(19)16-20)23-12-6-11-22-21-9-4-3-7-18(21)13-14-25(22)23;1-16-14-24-17(2)10-12-23(25(24)15-16)21-9-5-8-20-19-7-4-3-6-18(19)11-13-22(20)21;;;;;;/h3-17H,1-2H3;3-15H,1-2H3;2*1H3;2*1H;1H2;. The smallest absolute Gasteiger partial charge is 0.147 e. The third-order valence-corrected chi connectivity index (χ3v) is 31.0. The first kappa shape index (κ1) is 39.8. The first-order valence-electron chi connectivity index (χ1n) is 20.1. The number of allylic oxidation sites excluding steroid dienone is 2. The summed E-state index contributed by atoms with van der Waals surface area (Å²) in [4.78, 5) is 0. The average molecular weight is 877 g/mol. The van der Waals surface area contributed by atoms with Crippen molar-refractivity contribution < 1.29 is 17.4 Å². The van der Waals surface area contributed by atoms with Crippen molar-refractivity contribution in [3.05, 3.63) is 178 Å². The Hall–Kier alpha value is -4.04. The molecule has 0 fully saturated rings. The summed E-state index contributed by atoms with van der Waals surface area (Å²) in [6.07, 6.45) is 5.22. The number of rotatable bonds is 5. The fraction of sp³-hybridized carbons (Fsp3) is 0.170. The van der Waals surface area contributed by atoms with Crippen LogP contribution in [0.3, 0.4) is 0 Å². The summed E-state index contributed by atoms with van der Waals surface area (Å²) in [5.41, 5.74) is 16.1. The third-order valence-electron chi connectivity index (χ3n) is 13.4. The van der Waals surface area contributed by atoms with Gasteiger partial charge in [0.1, 0.15) is 0 Å². The van der Waals surface area contributed by atoms with Gasteiger partial charge in [0.25, 0.3) is 0 Å². The summed E-state index contributed by atoms with van der Waals surface area (Å²) in [5.74, 6) is 0.460. The van der Waals surface area contributed by atoms with Crippen LogP contribution in [-0.4, -0.2) is 6.88 Å². The molecule has 0 radical (unpaired) electrons. The second-order valence-electron chi connectivity index (χ2n) is 17.9. The minimum Gasteiger partial charge on any atom is -0.147 e. The van der Waals surface area contributed by atoms with Crippen molar-refractivity contribution in [2.75, 3.05) is 0 Å². The van der Waals surface area contributed by atoms with Gasteiger partial charge in [-0.25, -0.2) is 0 Å². The molecule has 0 N–H and O–H groups in total. The van der Waals surface area contributed by atoms with Crippen LogP contribution < -0.4 is 0 Å². The fourth-order valence-corrected chi connectivity index (χ4v) is 31.8. The van der Waals surface area contributed by atoms with Crippen LogP contribution in [0.2, 0.25) is 9.26 Å². The SMILES string of the molecule is CC1=Cc2c(-c3cccc4c3ccc3ccccc34)ccc(C)c2[CH]1[Zr]([CH3])([CH3])(=[SiH2])[CH]1C(C(C)C)=Cc2c(-c3cccc4c3ccc3ccccc34)cccc21.Cl.Cl. The minimum atomic E-state index is -3.86. The zero-order chi connectivity index (χ0) is 37.8. The maximum Gasteiger partial charge on any atom is -0.147 e. The van der Waals surface area contributed by atoms with Crippen molar-refractivity contribution in [1.29, 1.82) is 0 Å². The van der Waals surface area contributed by atoms with Gasteiger partial charge in [0.05, 0.1) is 0 Å². The number of aryl methyl sites for hydroxylation is 1. The maximum absolute atomic E-state index is 3.86. The molecule has 10 rings (SSSR count). The molecule has 0 nitrogen and oxygen atoms in total. The van der Waals surface area contributed by atoms with Crippen LogP contribution in [0.1, 0.15) is 55.8 Å². The first-order chi connectivity index (χ1) is 26.5. The van der Waals surface area contributed by atoms with E-state index < -0.39 is 17.4 Å². The molecule has 2 aliphatic carbocycles. The molecular weight excluding hydrogens is 827 g/mol. The summed E-state index contributed by atoms with van der Waals surface area (Å²) >= 11 is -3.86. The quantitative estimate of drug-likeness (QED) is 0.119. The van der Waals surface area contributed by atoms with E-state index in [1.165, 1.54) is 82.0 Å². The molecule has 0 aromatic heterocycles. The Morgan fingerprint density at radius 2 is 0.982 bits per heavy atom. The number of fused-ring (bicyclic) bond motifs is 8. The molecular formula is C53H50Cl2SiZr. The van der Waals surface area contributed by atoms with E-state index in [1.807, 2.05) is 0 Å². The zero-order valence-electron chi connectivity index (χ0n) is 33.7. The van der Waals surface area contributed by atoms with Gasteiger partial charge in [-0.3, -0.25) is 0 Å². The van der Waals surface area contributed by atoms with Gasteiger partial charge >= 0.3 is 330 Å². The van der Waals surface area contributed by atoms with E-state index in [2.05, 4.69) is 196 Å². The molecule has 0 saturated carbocycles. The predicted molar refractivity (Wildman–Crippen MR) is 255 cm³/mol. The molecule has 0 bridgehead atoms. The summed E-state index contributed by atoms with van der Waals surface area (Å²) in [6.45, 7) is 12.2. The Morgan fingerprint density at radius 1 is 0.474 bits per heavy atom. The van der Waals surface area contributed by atoms with Crippen molar-refractivity contribution >= 4 is 86.9 Å². The largest absolute Gasteiger partial charge is 0.147 e. The van der Waals surface area contributed by atoms with Crippen LogP contribution in [0.25, 0.3) is 77.5 Å². The molecule has 0 heterocycles. The number of halogens is 2. The molecule has 0 saturated heterocycles. The second-order valence-corrected chi connectivity index (χ2v) is 48.4. The molecule has 8 aromatic carbocycles. The van der Waals surface area contributed by atoms with Gasteiger partial charge in [-0.05, 0) is 0 Å². The Kier molecular flexibility index (Phi) is 10.0. The van der Waals surface area contributed by atoms with E-state index in [0.717, 1.165) is 0 Å². The third kappa shape index (κ3) is 6.01. The van der Waals surface area contributed by atoms with Gasteiger partial charge in [-0.1, -0.05) is 0 Å². The predicted octanol–water partition coefficient (Wildman–Crippen LogP) is 15.4. The number of hydrogen-bond acceptors (Lipinski definition) is 0. The second kappa shape index (κ2) is 14.4. The normalized spacial score (nSPS) is 16.4. The van der Waals surface area contributed by atoms with Gasteiger partial charge in [0.2, 0.25) is 0 Å². The Balaban J connectivity index is 0.00000228. The Morgan fingerprint density at radius 3 is 1.56 bits per heavy atom. The van der Waals surface area contributed by atoms with Crippen LogP contribution >= 0.6 is 24.8 Å². The summed E-state index contributed by atoms with van der Waals surface area (Å²) in [6, 6.07) is 52.8. The topological polar surface area (TPSA) is 0 Å². The van der Waals surface area contributed by atoms with Crippen molar-refractivity contribution in [2.24, 2.45) is 5.92 Å². The van der Waals surface area contributed by atoms with E-state index in [-0.39, 0.29) is 24.8 Å². The van der Waals surface area contributed by atoms with Crippen molar-refractivity contribution in [2.45, 2.75) is 44.2 Å². The van der Waals surface area contributed by atoms with Crippen LogP contribution in [0, 0.1) is 12.8 Å². The summed E-state index contributed by atoms with van der Waals surface area (Å²) in [5, 5.41) is 10.6. The molecule has 0 amide bonds. The molecule has 0 spiro atoms. The first-order valence-corrected chi connectivity index (χ1v) is 33.7. The monoisotopic (exact) mass is 874 g/mol. The molecule has 57 heavy (non-hydrogen) atoms.